The van der Waals surface area contributed by atoms with Gasteiger partial charge in [-0.1, -0.05) is 125 Å². The Balaban J connectivity index is 1.07. The number of rotatable bonds is 4. The van der Waals surface area contributed by atoms with Gasteiger partial charge in [-0.25, -0.2) is 0 Å². The molecule has 0 aliphatic carbocycles. The van der Waals surface area contributed by atoms with Crippen LogP contribution in [0.4, 0.5) is 34.1 Å². The number of nitrogens with zero attached hydrogens (tertiary/aromatic N) is 3. The van der Waals surface area contributed by atoms with Crippen LogP contribution >= 0.6 is 0 Å². The summed E-state index contributed by atoms with van der Waals surface area (Å²) in [5.74, 6) is 1.82. The molecule has 0 spiro atoms. The molecule has 0 radical (unpaired) electrons. The van der Waals surface area contributed by atoms with Crippen LogP contribution in [0, 0.1) is 62.3 Å². The van der Waals surface area contributed by atoms with E-state index < -0.39 is 0 Å². The summed E-state index contributed by atoms with van der Waals surface area (Å²) in [6.45, 7) is 20.0. The first-order valence-corrected chi connectivity index (χ1v) is 26.6. The van der Waals surface area contributed by atoms with Gasteiger partial charge in [-0.2, -0.15) is 0 Å². The smallest absolute Gasteiger partial charge is 0.256 e. The van der Waals surface area contributed by atoms with Gasteiger partial charge >= 0.3 is 0 Å². The van der Waals surface area contributed by atoms with Gasteiger partial charge in [0, 0.05) is 62.2 Å². The molecule has 4 nitrogen and oxygen atoms in total. The van der Waals surface area contributed by atoms with Crippen LogP contribution in [0.2, 0.25) is 0 Å². The van der Waals surface area contributed by atoms with E-state index in [2.05, 4.69) is 247 Å². The Morgan fingerprint density at radius 2 is 0.893 bits per heavy atom. The van der Waals surface area contributed by atoms with E-state index in [0.717, 1.165) is 28.6 Å². The average molecular weight is 964 g/mol. The maximum Gasteiger partial charge on any atom is 0.256 e. The maximum atomic E-state index is 7.64. The van der Waals surface area contributed by atoms with E-state index in [9.17, 15) is 0 Å². The van der Waals surface area contributed by atoms with E-state index in [1.54, 1.807) is 0 Å². The van der Waals surface area contributed by atoms with Crippen LogP contribution in [-0.2, 0) is 0 Å². The second-order valence-electron chi connectivity index (χ2n) is 22.2. The van der Waals surface area contributed by atoms with E-state index in [1.807, 2.05) is 0 Å². The normalized spacial score (nSPS) is 13.4. The van der Waals surface area contributed by atoms with Gasteiger partial charge in [0.1, 0.15) is 11.5 Å². The second kappa shape index (κ2) is 15.8. The molecule has 0 N–H and O–H groups in total. The summed E-state index contributed by atoms with van der Waals surface area (Å²) in [5, 5.41) is 2.58. The highest BCUT2D eigenvalue weighted by atomic mass is 16.5. The lowest BCUT2D eigenvalue weighted by Crippen LogP contribution is -2.64. The summed E-state index contributed by atoms with van der Waals surface area (Å²) in [5.41, 5.74) is 34.6. The number of aromatic nitrogens is 1. The predicted molar refractivity (Wildman–Crippen MR) is 319 cm³/mol. The molecule has 0 bridgehead atoms. The molecule has 0 fully saturated rings. The van der Waals surface area contributed by atoms with Crippen LogP contribution in [0.15, 0.2) is 170 Å². The Bertz CT molecular complexity index is 4300. The molecule has 75 heavy (non-hydrogen) atoms. The third-order valence-corrected chi connectivity index (χ3v) is 17.3. The van der Waals surface area contributed by atoms with Gasteiger partial charge in [0.25, 0.3) is 13.4 Å². The Morgan fingerprint density at radius 1 is 0.347 bits per heavy atom. The average Bonchev–Trinajstić information content (AvgIpc) is 3.95. The van der Waals surface area contributed by atoms with Crippen molar-refractivity contribution in [2.24, 2.45) is 0 Å². The van der Waals surface area contributed by atoms with Crippen LogP contribution in [0.5, 0.6) is 11.5 Å². The fraction of sp³-hybridized carbons (Fsp3) is 0.130. The molecule has 0 amide bonds. The number of anilines is 6. The molecule has 1 aromatic heterocycles. The zero-order valence-electron chi connectivity index (χ0n) is 44.1. The van der Waals surface area contributed by atoms with E-state index in [0.29, 0.717) is 0 Å². The fourth-order valence-electron chi connectivity index (χ4n) is 14.0. The van der Waals surface area contributed by atoms with Crippen LogP contribution in [-0.4, -0.2) is 18.0 Å². The number of benzene rings is 10. The van der Waals surface area contributed by atoms with Crippen molar-refractivity contribution >= 4 is 102 Å². The van der Waals surface area contributed by atoms with Gasteiger partial charge in [0.05, 0.1) is 5.52 Å². The largest absolute Gasteiger partial charge is 0.458 e. The van der Waals surface area contributed by atoms with Crippen LogP contribution in [0.3, 0.4) is 0 Å². The summed E-state index contributed by atoms with van der Waals surface area (Å²) in [7, 11) is 0. The zero-order chi connectivity index (χ0) is 50.9. The summed E-state index contributed by atoms with van der Waals surface area (Å²) >= 11 is 0. The minimum atomic E-state index is -0.0811. The number of hydrogen-bond donors (Lipinski definition) is 0. The summed E-state index contributed by atoms with van der Waals surface area (Å²) in [6.07, 6.45) is 0. The highest BCUT2D eigenvalue weighted by Crippen LogP contribution is 2.49. The molecule has 0 unspecified atom stereocenters. The summed E-state index contributed by atoms with van der Waals surface area (Å²) in [4.78, 5) is 5.10. The fourth-order valence-corrected chi connectivity index (χ4v) is 14.0. The van der Waals surface area contributed by atoms with Gasteiger partial charge in [0.15, 0.2) is 0 Å². The molecule has 0 saturated carbocycles. The van der Waals surface area contributed by atoms with Crippen LogP contribution < -0.4 is 47.3 Å². The number of ether oxygens (including phenoxy) is 1. The lowest BCUT2D eigenvalue weighted by atomic mass is 9.30. The Morgan fingerprint density at radius 3 is 1.53 bits per heavy atom. The monoisotopic (exact) mass is 963 g/mol. The molecular formula is C69H55B2N3O. The third kappa shape index (κ3) is 6.20. The van der Waals surface area contributed by atoms with Crippen molar-refractivity contribution in [2.75, 3.05) is 9.80 Å². The van der Waals surface area contributed by atoms with Crippen LogP contribution in [0.25, 0.3) is 49.7 Å². The van der Waals surface area contributed by atoms with Crippen LogP contribution in [0.1, 0.15) is 50.1 Å². The van der Waals surface area contributed by atoms with Gasteiger partial charge in [-0.05, 0) is 206 Å². The van der Waals surface area contributed by atoms with Crippen molar-refractivity contribution in [1.82, 2.24) is 4.57 Å². The third-order valence-electron chi connectivity index (χ3n) is 17.3. The molecule has 10 aromatic carbocycles. The standard InChI is InChI=1S/C69H55B2N3O/c1-38-16-23-49(24-17-38)72-57-29-21-41(4)31-53(57)70-54-36-55-62(37-58(54)73(50-25-18-39(2)19-26-50)60-33-47(32-59(72)67(60)70)64-42(5)12-10-13-43(64)6)75-63-35-48(65-44(7)14-11-15-45(65)8)34-61-68(63)71(55)66-46(9)22-27-51-52-30-40(3)20-28-56(52)74(61)69(51)66/h10-37H,1-9H3. The lowest BCUT2D eigenvalue weighted by molar-refractivity contribution is 0.487. The minimum Gasteiger partial charge on any atom is -0.458 e. The molecule has 4 aliphatic heterocycles. The molecule has 5 heterocycles. The summed E-state index contributed by atoms with van der Waals surface area (Å²) in [6, 6.07) is 65.2. The van der Waals surface area contributed by atoms with Gasteiger partial charge < -0.3 is 19.1 Å². The predicted octanol–water partition coefficient (Wildman–Crippen LogP) is 13.9. The Hall–Kier alpha value is -8.47. The SMILES string of the molecule is Cc1ccc(N2c3ccc(C)cc3B3c4cc5c(cc4N(c4ccc(C)cc4)c4cc(-c6c(C)cccc6C)cc2c43)Oc2cc(-c3c(C)cccc3C)cc3c2B5c2c(C)ccc4c5cc(C)ccc5n-3c24)cc1. The Kier molecular flexibility index (Phi) is 9.26. The highest BCUT2D eigenvalue weighted by molar-refractivity contribution is 7.02. The number of hydrogen-bond acceptors (Lipinski definition) is 3. The topological polar surface area (TPSA) is 20.6 Å². The number of aryl methyl sites for hydroxylation is 9. The van der Waals surface area contributed by atoms with Crippen molar-refractivity contribution in [3.63, 3.8) is 0 Å². The first kappa shape index (κ1) is 44.1. The lowest BCUT2D eigenvalue weighted by Gasteiger charge is -2.45. The molecule has 358 valence electrons. The van der Waals surface area contributed by atoms with Crippen molar-refractivity contribution in [2.45, 2.75) is 62.3 Å². The minimum absolute atomic E-state index is 0.0807. The van der Waals surface area contributed by atoms with Crippen molar-refractivity contribution in [3.05, 3.63) is 220 Å². The molecule has 4 aliphatic rings. The molecular weight excluding hydrogens is 908 g/mol. The van der Waals surface area contributed by atoms with Crippen molar-refractivity contribution in [3.8, 4) is 39.4 Å². The van der Waals surface area contributed by atoms with Gasteiger partial charge in [-0.3, -0.25) is 0 Å². The zero-order valence-corrected chi connectivity index (χ0v) is 44.1. The Labute approximate surface area is 440 Å². The van der Waals surface area contributed by atoms with E-state index in [-0.39, 0.29) is 13.4 Å². The van der Waals surface area contributed by atoms with E-state index in [1.165, 1.54) is 150 Å². The molecule has 15 rings (SSSR count). The van der Waals surface area contributed by atoms with Crippen molar-refractivity contribution in [1.29, 1.82) is 0 Å². The van der Waals surface area contributed by atoms with E-state index >= 15 is 0 Å². The van der Waals surface area contributed by atoms with E-state index in [4.69, 9.17) is 4.74 Å². The molecule has 6 heteroatoms. The van der Waals surface area contributed by atoms with Crippen molar-refractivity contribution < 1.29 is 4.74 Å². The maximum absolute atomic E-state index is 7.64. The molecule has 0 atom stereocenters. The molecule has 0 saturated heterocycles. The molecule has 11 aromatic rings. The quantitative estimate of drug-likeness (QED) is 0.164. The van der Waals surface area contributed by atoms with Gasteiger partial charge in [-0.15, -0.1) is 0 Å². The second-order valence-corrected chi connectivity index (χ2v) is 22.2. The van der Waals surface area contributed by atoms with Gasteiger partial charge in [0.2, 0.25) is 0 Å². The first-order chi connectivity index (χ1) is 36.4. The first-order valence-electron chi connectivity index (χ1n) is 26.6. The number of fused-ring (bicyclic) bond motifs is 11. The highest BCUT2D eigenvalue weighted by Gasteiger charge is 2.48. The summed E-state index contributed by atoms with van der Waals surface area (Å²) < 4.78 is 10.2.